The van der Waals surface area contributed by atoms with Gasteiger partial charge in [-0.15, -0.1) is 0 Å². The minimum absolute atomic E-state index is 0.379. The predicted molar refractivity (Wildman–Crippen MR) is 62.1 cm³/mol. The topological polar surface area (TPSA) is 81.3 Å². The van der Waals surface area contributed by atoms with Crippen LogP contribution in [-0.2, 0) is 4.79 Å². The van der Waals surface area contributed by atoms with Crippen LogP contribution in [0.2, 0.25) is 0 Å². The molecule has 0 saturated carbocycles. The molecule has 0 aliphatic carbocycles. The molecule has 2 N–H and O–H groups in total. The van der Waals surface area contributed by atoms with E-state index in [0.717, 1.165) is 0 Å². The van der Waals surface area contributed by atoms with Gasteiger partial charge in [0.05, 0.1) is 23.7 Å². The van der Waals surface area contributed by atoms with Crippen molar-refractivity contribution in [2.45, 2.75) is 20.0 Å². The van der Waals surface area contributed by atoms with Crippen molar-refractivity contribution in [1.29, 1.82) is 5.26 Å². The predicted octanol–water partition coefficient (Wildman–Crippen LogP) is 1.95. The third kappa shape index (κ3) is 2.83. The van der Waals surface area contributed by atoms with Crippen LogP contribution in [0.1, 0.15) is 31.1 Å². The number of aliphatic carboxylic acids is 1. The number of nitrogens with zero attached hydrogens (tertiary/aromatic N) is 1. The third-order valence-electron chi connectivity index (χ3n) is 3.08. The molecule has 3 unspecified atom stereocenters. The van der Waals surface area contributed by atoms with Gasteiger partial charge in [0.25, 0.3) is 0 Å². The molecule has 1 aromatic rings. The number of hydrogen-bond acceptors (Lipinski definition) is 3. The summed E-state index contributed by atoms with van der Waals surface area (Å²) in [6.45, 7) is 3.21. The highest BCUT2D eigenvalue weighted by molar-refractivity contribution is 5.70. The summed E-state index contributed by atoms with van der Waals surface area (Å²) in [5, 5.41) is 27.9. The number of carboxylic acid groups (broad SMARTS) is 1. The van der Waals surface area contributed by atoms with Crippen LogP contribution in [0.15, 0.2) is 24.3 Å². The summed E-state index contributed by atoms with van der Waals surface area (Å²) in [5.41, 5.74) is 0.861. The van der Waals surface area contributed by atoms with Gasteiger partial charge in [-0.1, -0.05) is 32.0 Å². The average molecular weight is 233 g/mol. The number of aliphatic hydroxyl groups is 1. The van der Waals surface area contributed by atoms with Crippen molar-refractivity contribution < 1.29 is 15.0 Å². The first-order valence-corrected chi connectivity index (χ1v) is 5.39. The molecule has 0 bridgehead atoms. The number of rotatable bonds is 4. The molecule has 1 aromatic carbocycles. The van der Waals surface area contributed by atoms with Gasteiger partial charge in [-0.3, -0.25) is 4.79 Å². The van der Waals surface area contributed by atoms with Gasteiger partial charge in [0.2, 0.25) is 0 Å². The van der Waals surface area contributed by atoms with Crippen molar-refractivity contribution in [3.63, 3.8) is 0 Å². The van der Waals surface area contributed by atoms with Crippen LogP contribution in [0, 0.1) is 23.2 Å². The summed E-state index contributed by atoms with van der Waals surface area (Å²) in [6.07, 6.45) is -0.947. The summed E-state index contributed by atoms with van der Waals surface area (Å²) in [6, 6.07) is 8.68. The van der Waals surface area contributed by atoms with Crippen molar-refractivity contribution in [1.82, 2.24) is 0 Å². The summed E-state index contributed by atoms with van der Waals surface area (Å²) >= 11 is 0. The molecule has 4 nitrogen and oxygen atoms in total. The number of nitriles is 1. The summed E-state index contributed by atoms with van der Waals surface area (Å²) in [5.74, 6) is -2.08. The molecule has 0 spiro atoms. The fourth-order valence-electron chi connectivity index (χ4n) is 1.64. The Bertz CT molecular complexity index is 450. The third-order valence-corrected chi connectivity index (χ3v) is 3.08. The number of carboxylic acids is 1. The summed E-state index contributed by atoms with van der Waals surface area (Å²) < 4.78 is 0. The van der Waals surface area contributed by atoms with E-state index in [0.29, 0.717) is 11.1 Å². The van der Waals surface area contributed by atoms with E-state index in [1.807, 2.05) is 6.07 Å². The Morgan fingerprint density at radius 2 is 1.94 bits per heavy atom. The largest absolute Gasteiger partial charge is 0.481 e. The Morgan fingerprint density at radius 1 is 1.35 bits per heavy atom. The molecule has 0 heterocycles. The smallest absolute Gasteiger partial charge is 0.306 e. The zero-order valence-corrected chi connectivity index (χ0v) is 9.79. The monoisotopic (exact) mass is 233 g/mol. The SMILES string of the molecule is CC(C(=O)O)C(C)C(O)c1ccccc1C#N. The van der Waals surface area contributed by atoms with E-state index >= 15 is 0 Å². The van der Waals surface area contributed by atoms with E-state index < -0.39 is 23.9 Å². The van der Waals surface area contributed by atoms with E-state index in [2.05, 4.69) is 0 Å². The van der Waals surface area contributed by atoms with Gasteiger partial charge in [0.1, 0.15) is 0 Å². The van der Waals surface area contributed by atoms with Crippen molar-refractivity contribution in [2.75, 3.05) is 0 Å². The quantitative estimate of drug-likeness (QED) is 0.832. The zero-order valence-electron chi connectivity index (χ0n) is 9.79. The number of hydrogen-bond donors (Lipinski definition) is 2. The molecule has 4 heteroatoms. The second kappa shape index (κ2) is 5.46. The summed E-state index contributed by atoms with van der Waals surface area (Å²) in [7, 11) is 0. The molecule has 0 saturated heterocycles. The Hall–Kier alpha value is -1.86. The van der Waals surface area contributed by atoms with E-state index in [-0.39, 0.29) is 0 Å². The minimum atomic E-state index is -0.953. The lowest BCUT2D eigenvalue weighted by atomic mass is 9.85. The van der Waals surface area contributed by atoms with Gasteiger partial charge in [-0.05, 0) is 17.5 Å². The van der Waals surface area contributed by atoms with E-state index in [9.17, 15) is 9.90 Å². The molecular weight excluding hydrogens is 218 g/mol. The van der Waals surface area contributed by atoms with Gasteiger partial charge in [0.15, 0.2) is 0 Å². The van der Waals surface area contributed by atoms with E-state index in [4.69, 9.17) is 10.4 Å². The van der Waals surface area contributed by atoms with Crippen LogP contribution >= 0.6 is 0 Å². The lowest BCUT2D eigenvalue weighted by Crippen LogP contribution is -2.24. The first kappa shape index (κ1) is 13.2. The number of carbonyl (C=O) groups is 1. The standard InChI is InChI=1S/C13H15NO3/c1-8(9(2)13(16)17)12(15)11-6-4-3-5-10(11)7-14/h3-6,8-9,12,15H,1-2H3,(H,16,17). The van der Waals surface area contributed by atoms with Crippen LogP contribution in [0.5, 0.6) is 0 Å². The zero-order chi connectivity index (χ0) is 13.0. The molecule has 0 aliphatic rings. The first-order chi connectivity index (χ1) is 7.99. The molecule has 1 rings (SSSR count). The fraction of sp³-hybridized carbons (Fsp3) is 0.385. The molecule has 3 atom stereocenters. The maximum absolute atomic E-state index is 10.9. The normalized spacial score (nSPS) is 15.6. The number of aliphatic hydroxyl groups excluding tert-OH is 1. The maximum Gasteiger partial charge on any atom is 0.306 e. The van der Waals surface area contributed by atoms with Crippen LogP contribution in [0.4, 0.5) is 0 Å². The molecule has 0 fully saturated rings. The maximum atomic E-state index is 10.9. The molecule has 0 aromatic heterocycles. The highest BCUT2D eigenvalue weighted by Gasteiger charge is 2.28. The Balaban J connectivity index is 3.00. The van der Waals surface area contributed by atoms with Gasteiger partial charge < -0.3 is 10.2 Å². The molecule has 0 radical (unpaired) electrons. The lowest BCUT2D eigenvalue weighted by Gasteiger charge is -2.23. The average Bonchev–Trinajstić information content (AvgIpc) is 2.35. The number of benzene rings is 1. The van der Waals surface area contributed by atoms with Gasteiger partial charge in [-0.2, -0.15) is 5.26 Å². The first-order valence-electron chi connectivity index (χ1n) is 5.39. The van der Waals surface area contributed by atoms with Crippen LogP contribution in [-0.4, -0.2) is 16.2 Å². The van der Waals surface area contributed by atoms with Crippen molar-refractivity contribution in [3.05, 3.63) is 35.4 Å². The second-order valence-corrected chi connectivity index (χ2v) is 4.13. The van der Waals surface area contributed by atoms with Crippen molar-refractivity contribution in [2.24, 2.45) is 11.8 Å². The van der Waals surface area contributed by atoms with E-state index in [1.54, 1.807) is 38.1 Å². The summed E-state index contributed by atoms with van der Waals surface area (Å²) in [4.78, 5) is 10.9. The highest BCUT2D eigenvalue weighted by Crippen LogP contribution is 2.29. The second-order valence-electron chi connectivity index (χ2n) is 4.13. The molecule has 17 heavy (non-hydrogen) atoms. The van der Waals surface area contributed by atoms with Gasteiger partial charge in [-0.25, -0.2) is 0 Å². The van der Waals surface area contributed by atoms with Crippen LogP contribution in [0.3, 0.4) is 0 Å². The Morgan fingerprint density at radius 3 is 2.47 bits per heavy atom. The Labute approximate surface area is 100 Å². The molecule has 0 aliphatic heterocycles. The van der Waals surface area contributed by atoms with Gasteiger partial charge in [0, 0.05) is 0 Å². The lowest BCUT2D eigenvalue weighted by molar-refractivity contribution is -0.144. The molecule has 0 amide bonds. The minimum Gasteiger partial charge on any atom is -0.481 e. The Kier molecular flexibility index (Phi) is 4.24. The van der Waals surface area contributed by atoms with Gasteiger partial charge >= 0.3 is 5.97 Å². The highest BCUT2D eigenvalue weighted by atomic mass is 16.4. The van der Waals surface area contributed by atoms with Crippen LogP contribution < -0.4 is 0 Å². The van der Waals surface area contributed by atoms with E-state index in [1.165, 1.54) is 0 Å². The van der Waals surface area contributed by atoms with Crippen LogP contribution in [0.25, 0.3) is 0 Å². The molecule has 90 valence electrons. The fourth-order valence-corrected chi connectivity index (χ4v) is 1.64. The molecular formula is C13H15NO3. The van der Waals surface area contributed by atoms with Crippen molar-refractivity contribution in [3.8, 4) is 6.07 Å². The van der Waals surface area contributed by atoms with Crippen molar-refractivity contribution >= 4 is 5.97 Å².